The molecule has 4 heteroatoms. The van der Waals surface area contributed by atoms with Crippen LogP contribution in [0.2, 0.25) is 4.34 Å². The minimum atomic E-state index is -0.130. The van der Waals surface area contributed by atoms with E-state index < -0.39 is 0 Å². The van der Waals surface area contributed by atoms with Gasteiger partial charge in [0.25, 0.3) is 0 Å². The van der Waals surface area contributed by atoms with Crippen molar-refractivity contribution in [1.82, 2.24) is 0 Å². The second-order valence-electron chi connectivity index (χ2n) is 4.84. The van der Waals surface area contributed by atoms with E-state index in [1.165, 1.54) is 16.9 Å². The molecule has 0 fully saturated rings. The molecule has 1 aromatic carbocycles. The number of hydrogen-bond acceptors (Lipinski definition) is 2. The lowest BCUT2D eigenvalue weighted by atomic mass is 9.77. The van der Waals surface area contributed by atoms with Crippen LogP contribution in [0.25, 0.3) is 0 Å². The summed E-state index contributed by atoms with van der Waals surface area (Å²) in [4.78, 5) is 1.10. The van der Waals surface area contributed by atoms with Gasteiger partial charge in [0.15, 0.2) is 0 Å². The molecule has 0 aliphatic heterocycles. The standard InChI is InChI=1S/C14H15BrClNS/c1-14(2,9-6-4-3-5-7-9)12(17)11-8-10(15)13(16)18-11/h3-8,12H,17H2,1-2H3. The average Bonchev–Trinajstić information content (AvgIpc) is 2.69. The average molecular weight is 345 g/mol. The van der Waals surface area contributed by atoms with E-state index in [1.807, 2.05) is 24.3 Å². The predicted molar refractivity (Wildman–Crippen MR) is 83.4 cm³/mol. The van der Waals surface area contributed by atoms with Gasteiger partial charge in [-0.1, -0.05) is 55.8 Å². The summed E-state index contributed by atoms with van der Waals surface area (Å²) in [5, 5.41) is 0. The maximum atomic E-state index is 6.42. The zero-order valence-corrected chi connectivity index (χ0v) is 13.4. The molecule has 0 spiro atoms. The summed E-state index contributed by atoms with van der Waals surface area (Å²) in [6.07, 6.45) is 0. The zero-order valence-electron chi connectivity index (χ0n) is 10.3. The van der Waals surface area contributed by atoms with Crippen LogP contribution >= 0.6 is 38.9 Å². The fourth-order valence-corrected chi connectivity index (χ4v) is 3.84. The lowest BCUT2D eigenvalue weighted by Gasteiger charge is -2.31. The van der Waals surface area contributed by atoms with Gasteiger partial charge in [-0.15, -0.1) is 11.3 Å². The highest BCUT2D eigenvalue weighted by Gasteiger charge is 2.31. The third-order valence-electron chi connectivity index (χ3n) is 3.27. The Kier molecular flexibility index (Phi) is 4.17. The summed E-state index contributed by atoms with van der Waals surface area (Å²) in [6, 6.07) is 12.3. The van der Waals surface area contributed by atoms with Crippen molar-refractivity contribution in [3.05, 3.63) is 55.6 Å². The van der Waals surface area contributed by atoms with Gasteiger partial charge < -0.3 is 5.73 Å². The van der Waals surface area contributed by atoms with Gasteiger partial charge in [-0.25, -0.2) is 0 Å². The van der Waals surface area contributed by atoms with E-state index in [0.29, 0.717) is 0 Å². The zero-order chi connectivity index (χ0) is 13.3. The van der Waals surface area contributed by atoms with Gasteiger partial charge >= 0.3 is 0 Å². The molecule has 0 aliphatic carbocycles. The summed E-state index contributed by atoms with van der Waals surface area (Å²) in [6.45, 7) is 4.32. The fraction of sp³-hybridized carbons (Fsp3) is 0.286. The molecule has 0 saturated heterocycles. The summed E-state index contributed by atoms with van der Waals surface area (Å²) >= 11 is 11.1. The van der Waals surface area contributed by atoms with Crippen LogP contribution in [-0.2, 0) is 5.41 Å². The van der Waals surface area contributed by atoms with Crippen LogP contribution in [0.5, 0.6) is 0 Å². The molecule has 18 heavy (non-hydrogen) atoms. The minimum absolute atomic E-state index is 0.0753. The van der Waals surface area contributed by atoms with Gasteiger partial charge in [-0.2, -0.15) is 0 Å². The Labute approximate surface area is 125 Å². The number of nitrogens with two attached hydrogens (primary N) is 1. The van der Waals surface area contributed by atoms with E-state index in [0.717, 1.165) is 13.7 Å². The van der Waals surface area contributed by atoms with Crippen LogP contribution in [0.4, 0.5) is 0 Å². The maximum Gasteiger partial charge on any atom is 0.107 e. The molecule has 0 amide bonds. The van der Waals surface area contributed by atoms with E-state index in [4.69, 9.17) is 17.3 Å². The number of hydrogen-bond donors (Lipinski definition) is 1. The topological polar surface area (TPSA) is 26.0 Å². The quantitative estimate of drug-likeness (QED) is 0.819. The third-order valence-corrected chi connectivity index (χ3v) is 5.82. The Bertz CT molecular complexity index is 516. The van der Waals surface area contributed by atoms with E-state index in [9.17, 15) is 0 Å². The molecule has 1 unspecified atom stereocenters. The summed E-state index contributed by atoms with van der Waals surface area (Å²) < 4.78 is 1.67. The van der Waals surface area contributed by atoms with Crippen LogP contribution in [-0.4, -0.2) is 0 Å². The van der Waals surface area contributed by atoms with Crippen LogP contribution in [0.15, 0.2) is 40.9 Å². The Hall–Kier alpha value is -0.350. The molecule has 96 valence electrons. The summed E-state index contributed by atoms with van der Waals surface area (Å²) in [7, 11) is 0. The van der Waals surface area contributed by atoms with Gasteiger partial charge in [0.1, 0.15) is 4.34 Å². The van der Waals surface area contributed by atoms with Crippen molar-refractivity contribution in [2.24, 2.45) is 5.73 Å². The minimum Gasteiger partial charge on any atom is -0.323 e. The van der Waals surface area contributed by atoms with Crippen molar-refractivity contribution in [1.29, 1.82) is 0 Å². The SMILES string of the molecule is CC(C)(c1ccccc1)C(N)c1cc(Br)c(Cl)s1. The molecule has 1 nitrogen and oxygen atoms in total. The third kappa shape index (κ3) is 2.64. The van der Waals surface area contributed by atoms with Gasteiger partial charge in [-0.05, 0) is 27.6 Å². The first kappa shape index (κ1) is 14.1. The van der Waals surface area contributed by atoms with Gasteiger partial charge in [-0.3, -0.25) is 0 Å². The van der Waals surface area contributed by atoms with Crippen molar-refractivity contribution >= 4 is 38.9 Å². The maximum absolute atomic E-state index is 6.42. The van der Waals surface area contributed by atoms with E-state index >= 15 is 0 Å². The molecule has 0 saturated carbocycles. The second-order valence-corrected chi connectivity index (χ2v) is 7.38. The largest absolute Gasteiger partial charge is 0.323 e. The first-order chi connectivity index (χ1) is 8.43. The van der Waals surface area contributed by atoms with Crippen LogP contribution in [0.3, 0.4) is 0 Å². The van der Waals surface area contributed by atoms with Crippen LogP contribution < -0.4 is 5.73 Å². The molecule has 0 bridgehead atoms. The lowest BCUT2D eigenvalue weighted by Crippen LogP contribution is -2.32. The monoisotopic (exact) mass is 343 g/mol. The Morgan fingerprint density at radius 1 is 1.28 bits per heavy atom. The second kappa shape index (κ2) is 5.33. The number of benzene rings is 1. The van der Waals surface area contributed by atoms with E-state index in [1.54, 1.807) is 0 Å². The highest BCUT2D eigenvalue weighted by atomic mass is 79.9. The van der Waals surface area contributed by atoms with Crippen LogP contribution in [0, 0.1) is 0 Å². The van der Waals surface area contributed by atoms with Crippen molar-refractivity contribution in [2.45, 2.75) is 25.3 Å². The Morgan fingerprint density at radius 3 is 2.39 bits per heavy atom. The van der Waals surface area contributed by atoms with Crippen molar-refractivity contribution in [3.8, 4) is 0 Å². The molecular weight excluding hydrogens is 330 g/mol. The summed E-state index contributed by atoms with van der Waals surface area (Å²) in [5.74, 6) is 0. The molecule has 2 N–H and O–H groups in total. The molecule has 1 heterocycles. The molecule has 0 aliphatic rings. The van der Waals surface area contributed by atoms with Crippen molar-refractivity contribution < 1.29 is 0 Å². The van der Waals surface area contributed by atoms with Crippen LogP contribution in [0.1, 0.15) is 30.3 Å². The Balaban J connectivity index is 2.35. The fourth-order valence-electron chi connectivity index (χ4n) is 1.92. The Morgan fingerprint density at radius 2 is 1.89 bits per heavy atom. The number of thiophene rings is 1. The molecule has 1 atom stereocenters. The number of halogens is 2. The van der Waals surface area contributed by atoms with Crippen molar-refractivity contribution in [3.63, 3.8) is 0 Å². The van der Waals surface area contributed by atoms with E-state index in [2.05, 4.69) is 41.9 Å². The smallest absolute Gasteiger partial charge is 0.107 e. The highest BCUT2D eigenvalue weighted by molar-refractivity contribution is 9.10. The van der Waals surface area contributed by atoms with E-state index in [-0.39, 0.29) is 11.5 Å². The molecule has 1 aromatic heterocycles. The van der Waals surface area contributed by atoms with Gasteiger partial charge in [0, 0.05) is 20.8 Å². The van der Waals surface area contributed by atoms with Gasteiger partial charge in [0.05, 0.1) is 0 Å². The first-order valence-corrected chi connectivity index (χ1v) is 7.67. The summed E-state index contributed by atoms with van der Waals surface area (Å²) in [5.41, 5.74) is 7.52. The lowest BCUT2D eigenvalue weighted by molar-refractivity contribution is 0.426. The molecule has 2 rings (SSSR count). The number of rotatable bonds is 3. The van der Waals surface area contributed by atoms with Gasteiger partial charge in [0.2, 0.25) is 0 Å². The molecule has 2 aromatic rings. The van der Waals surface area contributed by atoms with Crippen molar-refractivity contribution in [2.75, 3.05) is 0 Å². The molecular formula is C14H15BrClNS. The highest BCUT2D eigenvalue weighted by Crippen LogP contribution is 2.41. The first-order valence-electron chi connectivity index (χ1n) is 5.68. The molecule has 0 radical (unpaired) electrons. The predicted octanol–water partition coefficient (Wildman–Crippen LogP) is 5.14. The normalized spacial score (nSPS) is 13.6.